The third-order valence-electron chi connectivity index (χ3n) is 4.69. The van der Waals surface area contributed by atoms with Crippen molar-refractivity contribution in [1.82, 2.24) is 15.5 Å². The van der Waals surface area contributed by atoms with Gasteiger partial charge in [-0.3, -0.25) is 4.99 Å². The van der Waals surface area contributed by atoms with Crippen molar-refractivity contribution in [2.45, 2.75) is 46.2 Å². The van der Waals surface area contributed by atoms with E-state index in [1.807, 2.05) is 18.2 Å². The van der Waals surface area contributed by atoms with Crippen LogP contribution in [-0.2, 0) is 6.54 Å². The Morgan fingerprint density at radius 3 is 2.58 bits per heavy atom. The van der Waals surface area contributed by atoms with E-state index in [1.54, 1.807) is 7.05 Å². The Balaban J connectivity index is 0.00000338. The van der Waals surface area contributed by atoms with Crippen LogP contribution >= 0.6 is 24.0 Å². The Morgan fingerprint density at radius 1 is 1.19 bits per heavy atom. The van der Waals surface area contributed by atoms with E-state index in [0.717, 1.165) is 36.8 Å². The highest BCUT2D eigenvalue weighted by Crippen LogP contribution is 2.24. The summed E-state index contributed by atoms with van der Waals surface area (Å²) in [6, 6.07) is 8.75. The Morgan fingerprint density at radius 2 is 1.92 bits per heavy atom. The molecule has 0 amide bonds. The molecule has 0 radical (unpaired) electrons. The first-order valence-electron chi connectivity index (χ1n) is 9.14. The number of aryl methyl sites for hydroxylation is 1. The van der Waals surface area contributed by atoms with Crippen molar-refractivity contribution in [1.29, 1.82) is 0 Å². The van der Waals surface area contributed by atoms with Crippen LogP contribution in [0.25, 0.3) is 11.0 Å². The maximum atomic E-state index is 5.93. The number of rotatable bonds is 8. The quantitative estimate of drug-likeness (QED) is 0.263. The molecular weight excluding hydrogens is 439 g/mol. The zero-order valence-electron chi connectivity index (χ0n) is 16.6. The summed E-state index contributed by atoms with van der Waals surface area (Å²) in [7, 11) is 3.97. The molecule has 0 aliphatic rings. The van der Waals surface area contributed by atoms with Gasteiger partial charge in [-0.1, -0.05) is 18.2 Å². The maximum Gasteiger partial charge on any atom is 0.191 e. The summed E-state index contributed by atoms with van der Waals surface area (Å²) in [5, 5.41) is 7.89. The average Bonchev–Trinajstić information content (AvgIpc) is 2.93. The molecule has 2 N–H and O–H groups in total. The minimum atomic E-state index is 0. The minimum absolute atomic E-state index is 0. The number of hydrogen-bond acceptors (Lipinski definition) is 3. The van der Waals surface area contributed by atoms with Gasteiger partial charge in [0.05, 0.1) is 6.54 Å². The van der Waals surface area contributed by atoms with Gasteiger partial charge in [-0.25, -0.2) is 0 Å². The molecule has 26 heavy (non-hydrogen) atoms. The van der Waals surface area contributed by atoms with Gasteiger partial charge in [0.2, 0.25) is 0 Å². The zero-order valence-corrected chi connectivity index (χ0v) is 19.0. The lowest BCUT2D eigenvalue weighted by atomic mass is 10.1. The second kappa shape index (κ2) is 11.4. The summed E-state index contributed by atoms with van der Waals surface area (Å²) in [5.41, 5.74) is 2.13. The van der Waals surface area contributed by atoms with Gasteiger partial charge >= 0.3 is 0 Å². The summed E-state index contributed by atoms with van der Waals surface area (Å²) >= 11 is 0. The molecule has 2 aromatic rings. The van der Waals surface area contributed by atoms with Crippen molar-refractivity contribution in [2.75, 3.05) is 27.2 Å². The van der Waals surface area contributed by atoms with E-state index in [2.05, 4.69) is 54.4 Å². The predicted octanol–water partition coefficient (Wildman–Crippen LogP) is 4.14. The van der Waals surface area contributed by atoms with E-state index < -0.39 is 0 Å². The van der Waals surface area contributed by atoms with Gasteiger partial charge in [-0.2, -0.15) is 0 Å². The molecule has 1 heterocycles. The van der Waals surface area contributed by atoms with Gasteiger partial charge in [0, 0.05) is 30.6 Å². The summed E-state index contributed by atoms with van der Waals surface area (Å²) in [5.74, 6) is 1.78. The van der Waals surface area contributed by atoms with Crippen LogP contribution in [0.3, 0.4) is 0 Å². The Hall–Kier alpha value is -1.28. The third-order valence-corrected chi connectivity index (χ3v) is 4.69. The molecule has 0 atom stereocenters. The van der Waals surface area contributed by atoms with E-state index in [0.29, 0.717) is 12.6 Å². The average molecular weight is 472 g/mol. The van der Waals surface area contributed by atoms with Crippen molar-refractivity contribution >= 4 is 40.9 Å². The van der Waals surface area contributed by atoms with Crippen LogP contribution < -0.4 is 10.6 Å². The first-order valence-corrected chi connectivity index (χ1v) is 9.14. The molecule has 0 saturated heterocycles. The molecule has 0 bridgehead atoms. The van der Waals surface area contributed by atoms with Crippen molar-refractivity contribution in [2.24, 2.45) is 4.99 Å². The summed E-state index contributed by atoms with van der Waals surface area (Å²) in [6.07, 6.45) is 2.31. The number of benzene rings is 1. The lowest BCUT2D eigenvalue weighted by Crippen LogP contribution is -2.37. The number of para-hydroxylation sites is 1. The maximum absolute atomic E-state index is 5.93. The molecule has 5 nitrogen and oxygen atoms in total. The highest BCUT2D eigenvalue weighted by atomic mass is 127. The lowest BCUT2D eigenvalue weighted by Gasteiger charge is -2.20. The van der Waals surface area contributed by atoms with Gasteiger partial charge in [0.1, 0.15) is 11.3 Å². The Kier molecular flexibility index (Phi) is 10.0. The number of nitrogens with zero attached hydrogens (tertiary/aromatic N) is 2. The van der Waals surface area contributed by atoms with Crippen LogP contribution in [0.5, 0.6) is 0 Å². The molecule has 0 aliphatic carbocycles. The number of hydrogen-bond donors (Lipinski definition) is 2. The Labute approximate surface area is 174 Å². The van der Waals surface area contributed by atoms with E-state index in [4.69, 9.17) is 4.42 Å². The molecular formula is C20H33IN4O. The SMILES string of the molecule is CN=C(NCCCCN(C)C(C)C)NCc1oc2ccccc2c1C.I. The summed E-state index contributed by atoms with van der Waals surface area (Å²) in [4.78, 5) is 6.66. The van der Waals surface area contributed by atoms with E-state index in [1.165, 1.54) is 17.4 Å². The molecule has 1 aromatic carbocycles. The highest BCUT2D eigenvalue weighted by molar-refractivity contribution is 14.0. The number of unbranched alkanes of at least 4 members (excludes halogenated alkanes) is 1. The largest absolute Gasteiger partial charge is 0.459 e. The van der Waals surface area contributed by atoms with Crippen LogP contribution in [0.15, 0.2) is 33.7 Å². The Bertz CT molecular complexity index is 696. The zero-order chi connectivity index (χ0) is 18.2. The number of aliphatic imine (C=N–C) groups is 1. The standard InChI is InChI=1S/C20H32N4O.HI/c1-15(2)24(5)13-9-8-12-22-20(21-4)23-14-19-16(3)17-10-6-7-11-18(17)25-19;/h6-7,10-11,15H,8-9,12-14H2,1-5H3,(H2,21,22,23);1H. The van der Waals surface area contributed by atoms with Crippen LogP contribution in [0, 0.1) is 6.92 Å². The van der Waals surface area contributed by atoms with Crippen LogP contribution in [0.4, 0.5) is 0 Å². The molecule has 1 aromatic heterocycles. The summed E-state index contributed by atoms with van der Waals surface area (Å²) in [6.45, 7) is 9.24. The predicted molar refractivity (Wildman–Crippen MR) is 122 cm³/mol. The van der Waals surface area contributed by atoms with Crippen molar-refractivity contribution in [3.63, 3.8) is 0 Å². The molecule has 2 rings (SSSR count). The molecule has 0 saturated carbocycles. The van der Waals surface area contributed by atoms with Gasteiger partial charge in [0.15, 0.2) is 5.96 Å². The van der Waals surface area contributed by atoms with Crippen LogP contribution in [0.1, 0.15) is 38.0 Å². The molecule has 0 fully saturated rings. The summed E-state index contributed by atoms with van der Waals surface area (Å²) < 4.78 is 5.93. The van der Waals surface area contributed by atoms with Gasteiger partial charge in [-0.15, -0.1) is 24.0 Å². The molecule has 146 valence electrons. The second-order valence-corrected chi connectivity index (χ2v) is 6.78. The molecule has 0 spiro atoms. The van der Waals surface area contributed by atoms with Gasteiger partial charge < -0.3 is 20.0 Å². The van der Waals surface area contributed by atoms with Crippen LogP contribution in [-0.4, -0.2) is 44.1 Å². The monoisotopic (exact) mass is 472 g/mol. The number of guanidine groups is 1. The molecule has 0 aliphatic heterocycles. The fraction of sp³-hybridized carbons (Fsp3) is 0.550. The smallest absolute Gasteiger partial charge is 0.191 e. The highest BCUT2D eigenvalue weighted by Gasteiger charge is 2.10. The normalized spacial score (nSPS) is 11.9. The number of furan rings is 1. The molecule has 6 heteroatoms. The van der Waals surface area contributed by atoms with Gasteiger partial charge in [0.25, 0.3) is 0 Å². The third kappa shape index (κ3) is 6.46. The first-order chi connectivity index (χ1) is 12.0. The molecule has 0 unspecified atom stereocenters. The van der Waals surface area contributed by atoms with E-state index in [9.17, 15) is 0 Å². The number of nitrogens with one attached hydrogen (secondary N) is 2. The van der Waals surface area contributed by atoms with Crippen molar-refractivity contribution in [3.05, 3.63) is 35.6 Å². The van der Waals surface area contributed by atoms with Crippen LogP contribution in [0.2, 0.25) is 0 Å². The van der Waals surface area contributed by atoms with Gasteiger partial charge in [-0.05, 0) is 53.3 Å². The minimum Gasteiger partial charge on any atom is -0.459 e. The lowest BCUT2D eigenvalue weighted by molar-refractivity contribution is 0.268. The van der Waals surface area contributed by atoms with Crippen molar-refractivity contribution < 1.29 is 4.42 Å². The first kappa shape index (κ1) is 22.8. The fourth-order valence-electron chi connectivity index (χ4n) is 2.73. The van der Waals surface area contributed by atoms with E-state index in [-0.39, 0.29) is 24.0 Å². The number of fused-ring (bicyclic) bond motifs is 1. The second-order valence-electron chi connectivity index (χ2n) is 6.78. The van der Waals surface area contributed by atoms with E-state index >= 15 is 0 Å². The number of halogens is 1. The fourth-order valence-corrected chi connectivity index (χ4v) is 2.73. The topological polar surface area (TPSA) is 52.8 Å². The van der Waals surface area contributed by atoms with Crippen molar-refractivity contribution in [3.8, 4) is 0 Å².